The van der Waals surface area contributed by atoms with Gasteiger partial charge in [0.25, 0.3) is 0 Å². The van der Waals surface area contributed by atoms with E-state index in [4.69, 9.17) is 0 Å². The number of allylic oxidation sites excluding steroid dienone is 1. The van der Waals surface area contributed by atoms with Crippen molar-refractivity contribution in [3.8, 4) is 0 Å². The molecule has 2 aliphatic carbocycles. The van der Waals surface area contributed by atoms with Crippen LogP contribution in [0, 0.1) is 23.7 Å². The molecule has 0 aromatic heterocycles. The summed E-state index contributed by atoms with van der Waals surface area (Å²) < 4.78 is 0. The van der Waals surface area contributed by atoms with Crippen LogP contribution in [0.4, 0.5) is 0 Å². The molecule has 0 radical (unpaired) electrons. The Morgan fingerprint density at radius 1 is 1.23 bits per heavy atom. The topological polar surface area (TPSA) is 0 Å². The van der Waals surface area contributed by atoms with Crippen LogP contribution in [0.5, 0.6) is 0 Å². The first-order valence-corrected chi connectivity index (χ1v) is 5.99. The van der Waals surface area contributed by atoms with Gasteiger partial charge in [-0.05, 0) is 42.9 Å². The van der Waals surface area contributed by atoms with Crippen LogP contribution in [-0.4, -0.2) is 0 Å². The molecule has 2 rings (SSSR count). The minimum absolute atomic E-state index is 0.874. The highest BCUT2D eigenvalue weighted by atomic mass is 14.5. The van der Waals surface area contributed by atoms with Gasteiger partial charge in [-0.1, -0.05) is 33.3 Å². The second-order valence-corrected chi connectivity index (χ2v) is 4.22. The maximum atomic E-state index is 3.96. The zero-order valence-electron chi connectivity index (χ0n) is 9.42. The number of hydrogen-bond acceptors (Lipinski definition) is 0. The average Bonchev–Trinajstić information content (AvgIpc) is 2.79. The fourth-order valence-corrected chi connectivity index (χ4v) is 3.43. The van der Waals surface area contributed by atoms with E-state index in [0.717, 1.165) is 23.7 Å². The van der Waals surface area contributed by atoms with Gasteiger partial charge in [-0.25, -0.2) is 0 Å². The highest BCUT2D eigenvalue weighted by molar-refractivity contribution is 5.02. The maximum Gasteiger partial charge on any atom is -0.0177 e. The molecule has 4 atom stereocenters. The Bertz CT molecular complexity index is 159. The number of hydrogen-bond donors (Lipinski definition) is 0. The van der Waals surface area contributed by atoms with Gasteiger partial charge in [0.1, 0.15) is 0 Å². The van der Waals surface area contributed by atoms with Crippen LogP contribution < -0.4 is 0 Å². The van der Waals surface area contributed by atoms with Crippen molar-refractivity contribution in [3.05, 3.63) is 12.7 Å². The zero-order valence-corrected chi connectivity index (χ0v) is 9.42. The Hall–Kier alpha value is -0.260. The van der Waals surface area contributed by atoms with Gasteiger partial charge in [-0.3, -0.25) is 0 Å². The molecule has 0 nitrogen and oxygen atoms in total. The van der Waals surface area contributed by atoms with Gasteiger partial charge in [0.2, 0.25) is 0 Å². The Morgan fingerprint density at radius 2 is 1.85 bits per heavy atom. The number of fused-ring (bicyclic) bond motifs is 2. The monoisotopic (exact) mass is 180 g/mol. The van der Waals surface area contributed by atoms with E-state index in [-0.39, 0.29) is 0 Å². The Kier molecular flexibility index (Phi) is 4.02. The van der Waals surface area contributed by atoms with Crippen molar-refractivity contribution in [3.63, 3.8) is 0 Å². The summed E-state index contributed by atoms with van der Waals surface area (Å²) in [5.74, 6) is 3.94. The molecule has 0 aliphatic heterocycles. The summed E-state index contributed by atoms with van der Waals surface area (Å²) in [6.45, 7) is 10.3. The van der Waals surface area contributed by atoms with Crippen LogP contribution in [0.1, 0.15) is 46.5 Å². The molecule has 0 aromatic rings. The summed E-state index contributed by atoms with van der Waals surface area (Å²) in [5, 5.41) is 0. The smallest absolute Gasteiger partial charge is 0.0177 e. The van der Waals surface area contributed by atoms with Crippen LogP contribution >= 0.6 is 0 Å². The third-order valence-corrected chi connectivity index (χ3v) is 3.90. The van der Waals surface area contributed by atoms with Gasteiger partial charge in [0.05, 0.1) is 0 Å². The molecular weight excluding hydrogens is 156 g/mol. The predicted octanol–water partition coefficient (Wildman–Crippen LogP) is 4.27. The van der Waals surface area contributed by atoms with Crippen molar-refractivity contribution >= 4 is 0 Å². The fourth-order valence-electron chi connectivity index (χ4n) is 3.43. The van der Waals surface area contributed by atoms with Crippen molar-refractivity contribution < 1.29 is 0 Å². The third kappa shape index (κ3) is 1.82. The molecule has 0 amide bonds. The quantitative estimate of drug-likeness (QED) is 0.557. The van der Waals surface area contributed by atoms with Gasteiger partial charge in [0.15, 0.2) is 0 Å². The minimum Gasteiger partial charge on any atom is -0.103 e. The molecule has 13 heavy (non-hydrogen) atoms. The third-order valence-electron chi connectivity index (χ3n) is 3.90. The molecule has 0 heterocycles. The fraction of sp³-hybridized carbons (Fsp3) is 0.846. The summed E-state index contributed by atoms with van der Waals surface area (Å²) in [6, 6.07) is 0. The minimum atomic E-state index is 0.874. The molecule has 0 heteroatoms. The van der Waals surface area contributed by atoms with Gasteiger partial charge >= 0.3 is 0 Å². The number of rotatable bonds is 2. The SMILES string of the molecule is C=CC1C2CCC(C2)C1CC.CC. The second kappa shape index (κ2) is 4.83. The van der Waals surface area contributed by atoms with Crippen LogP contribution in [0.3, 0.4) is 0 Å². The summed E-state index contributed by atoms with van der Waals surface area (Å²) in [5.41, 5.74) is 0. The predicted molar refractivity (Wildman–Crippen MR) is 59.6 cm³/mol. The van der Waals surface area contributed by atoms with Crippen LogP contribution in [0.25, 0.3) is 0 Å². The Balaban J connectivity index is 0.000000396. The van der Waals surface area contributed by atoms with Crippen molar-refractivity contribution in [2.45, 2.75) is 46.5 Å². The lowest BCUT2D eigenvalue weighted by molar-refractivity contribution is 0.259. The van der Waals surface area contributed by atoms with Crippen molar-refractivity contribution in [1.82, 2.24) is 0 Å². The van der Waals surface area contributed by atoms with E-state index in [9.17, 15) is 0 Å². The van der Waals surface area contributed by atoms with E-state index >= 15 is 0 Å². The van der Waals surface area contributed by atoms with E-state index in [1.807, 2.05) is 13.8 Å². The van der Waals surface area contributed by atoms with Crippen molar-refractivity contribution in [2.24, 2.45) is 23.7 Å². The molecule has 2 saturated carbocycles. The molecule has 0 N–H and O–H groups in total. The average molecular weight is 180 g/mol. The zero-order chi connectivity index (χ0) is 9.84. The van der Waals surface area contributed by atoms with Crippen LogP contribution in [0.2, 0.25) is 0 Å². The van der Waals surface area contributed by atoms with Crippen LogP contribution in [0.15, 0.2) is 12.7 Å². The molecule has 76 valence electrons. The lowest BCUT2D eigenvalue weighted by Crippen LogP contribution is -2.19. The Labute approximate surface area is 83.4 Å². The summed E-state index contributed by atoms with van der Waals surface area (Å²) in [4.78, 5) is 0. The molecule has 2 aliphatic rings. The maximum absolute atomic E-state index is 3.96. The van der Waals surface area contributed by atoms with Gasteiger partial charge in [-0.2, -0.15) is 0 Å². The highest BCUT2D eigenvalue weighted by Crippen LogP contribution is 2.53. The summed E-state index contributed by atoms with van der Waals surface area (Å²) in [6.07, 6.45) is 8.09. The van der Waals surface area contributed by atoms with Gasteiger partial charge in [0, 0.05) is 0 Å². The first-order chi connectivity index (χ1) is 6.36. The molecule has 0 aromatic carbocycles. The van der Waals surface area contributed by atoms with Crippen molar-refractivity contribution in [1.29, 1.82) is 0 Å². The first kappa shape index (κ1) is 10.8. The van der Waals surface area contributed by atoms with E-state index in [0.29, 0.717) is 0 Å². The molecular formula is C13H24. The Morgan fingerprint density at radius 3 is 2.31 bits per heavy atom. The summed E-state index contributed by atoms with van der Waals surface area (Å²) >= 11 is 0. The van der Waals surface area contributed by atoms with E-state index < -0.39 is 0 Å². The van der Waals surface area contributed by atoms with E-state index in [1.165, 1.54) is 25.7 Å². The first-order valence-electron chi connectivity index (χ1n) is 5.99. The summed E-state index contributed by atoms with van der Waals surface area (Å²) in [7, 11) is 0. The molecule has 2 fully saturated rings. The molecule has 0 saturated heterocycles. The normalized spacial score (nSPS) is 41.2. The molecule has 0 spiro atoms. The van der Waals surface area contributed by atoms with Crippen molar-refractivity contribution in [2.75, 3.05) is 0 Å². The lowest BCUT2D eigenvalue weighted by atomic mass is 9.78. The van der Waals surface area contributed by atoms with Crippen LogP contribution in [-0.2, 0) is 0 Å². The lowest BCUT2D eigenvalue weighted by Gasteiger charge is -2.27. The second-order valence-electron chi connectivity index (χ2n) is 4.22. The highest BCUT2D eigenvalue weighted by Gasteiger charge is 2.44. The van der Waals surface area contributed by atoms with E-state index in [2.05, 4.69) is 19.6 Å². The van der Waals surface area contributed by atoms with Gasteiger partial charge in [-0.15, -0.1) is 6.58 Å². The molecule has 2 bridgehead atoms. The largest absolute Gasteiger partial charge is 0.103 e. The van der Waals surface area contributed by atoms with Gasteiger partial charge < -0.3 is 0 Å². The molecule has 4 unspecified atom stereocenters. The van der Waals surface area contributed by atoms with E-state index in [1.54, 1.807) is 0 Å². The standard InChI is InChI=1S/C11H18.C2H6/c1-3-10-8-5-6-9(7-8)11(10)4-2;1-2/h3,8-11H,1,4-7H2,2H3;1-2H3.